The molecule has 0 radical (unpaired) electrons. The van der Waals surface area contributed by atoms with Crippen molar-refractivity contribution < 1.29 is 8.42 Å². The summed E-state index contributed by atoms with van der Waals surface area (Å²) in [6, 6.07) is 4.57. The van der Waals surface area contributed by atoms with E-state index in [0.29, 0.717) is 16.1 Å². The van der Waals surface area contributed by atoms with Crippen molar-refractivity contribution in [3.63, 3.8) is 0 Å². The molecular formula is C12H17Cl3N2O2S. The van der Waals surface area contributed by atoms with Crippen LogP contribution < -0.4 is 10.0 Å². The molecule has 2 rings (SSSR count). The smallest absolute Gasteiger partial charge is 0.240 e. The van der Waals surface area contributed by atoms with Gasteiger partial charge in [0.05, 0.1) is 4.90 Å². The Morgan fingerprint density at radius 3 is 2.40 bits per heavy atom. The lowest BCUT2D eigenvalue weighted by atomic mass is 10.0. The van der Waals surface area contributed by atoms with Gasteiger partial charge in [-0.1, -0.05) is 23.2 Å². The molecule has 2 atom stereocenters. The Morgan fingerprint density at radius 2 is 1.85 bits per heavy atom. The molecule has 0 aromatic heterocycles. The monoisotopic (exact) mass is 358 g/mol. The van der Waals surface area contributed by atoms with Crippen molar-refractivity contribution in [2.75, 3.05) is 6.54 Å². The van der Waals surface area contributed by atoms with Gasteiger partial charge in [0, 0.05) is 22.1 Å². The van der Waals surface area contributed by atoms with Gasteiger partial charge >= 0.3 is 0 Å². The van der Waals surface area contributed by atoms with Crippen LogP contribution in [0.25, 0.3) is 0 Å². The maximum absolute atomic E-state index is 12.3. The maximum Gasteiger partial charge on any atom is 0.240 e. The molecule has 20 heavy (non-hydrogen) atoms. The molecule has 0 aliphatic carbocycles. The van der Waals surface area contributed by atoms with Gasteiger partial charge in [-0.15, -0.1) is 12.4 Å². The van der Waals surface area contributed by atoms with Crippen molar-refractivity contribution in [1.82, 2.24) is 10.0 Å². The van der Waals surface area contributed by atoms with E-state index in [0.717, 1.165) is 19.4 Å². The van der Waals surface area contributed by atoms with E-state index >= 15 is 0 Å². The zero-order valence-corrected chi connectivity index (χ0v) is 14.0. The van der Waals surface area contributed by atoms with Gasteiger partial charge in [0.25, 0.3) is 0 Å². The predicted molar refractivity (Wildman–Crippen MR) is 84.5 cm³/mol. The third-order valence-electron chi connectivity index (χ3n) is 3.09. The molecule has 0 spiro atoms. The van der Waals surface area contributed by atoms with Crippen LogP contribution in [-0.2, 0) is 10.0 Å². The Labute approximate surface area is 135 Å². The Balaban J connectivity index is 0.00000200. The quantitative estimate of drug-likeness (QED) is 0.872. The largest absolute Gasteiger partial charge is 0.314 e. The first-order valence-corrected chi connectivity index (χ1v) is 8.32. The highest BCUT2D eigenvalue weighted by Crippen LogP contribution is 2.23. The normalized spacial score (nSPS) is 23.1. The lowest BCUT2D eigenvalue weighted by Crippen LogP contribution is -2.46. The second-order valence-electron chi connectivity index (χ2n) is 4.80. The van der Waals surface area contributed by atoms with Gasteiger partial charge in [-0.3, -0.25) is 0 Å². The first-order valence-electron chi connectivity index (χ1n) is 6.08. The van der Waals surface area contributed by atoms with E-state index in [1.807, 2.05) is 6.92 Å². The lowest BCUT2D eigenvalue weighted by Gasteiger charge is -2.28. The fraction of sp³-hybridized carbons (Fsp3) is 0.500. The molecule has 1 aromatic carbocycles. The van der Waals surface area contributed by atoms with E-state index in [1.165, 1.54) is 18.2 Å². The standard InChI is InChI=1S/C12H16Cl2N2O2S.ClH/c1-8-4-11(2-3-15-8)16-19(17,18)12-6-9(13)5-10(14)7-12;/h5-8,11,15-16H,2-4H2,1H3;1H. The fourth-order valence-corrected chi connectivity index (χ4v) is 4.22. The molecule has 0 bridgehead atoms. The van der Waals surface area contributed by atoms with Crippen LogP contribution in [0, 0.1) is 0 Å². The average Bonchev–Trinajstić information content (AvgIpc) is 2.26. The van der Waals surface area contributed by atoms with Crippen molar-refractivity contribution in [1.29, 1.82) is 0 Å². The molecule has 2 unspecified atom stereocenters. The molecule has 0 saturated carbocycles. The molecule has 1 aromatic rings. The van der Waals surface area contributed by atoms with Crippen LogP contribution in [0.15, 0.2) is 23.1 Å². The van der Waals surface area contributed by atoms with Gasteiger partial charge in [0.2, 0.25) is 10.0 Å². The van der Waals surface area contributed by atoms with E-state index in [2.05, 4.69) is 10.0 Å². The second-order valence-corrected chi connectivity index (χ2v) is 7.39. The maximum atomic E-state index is 12.3. The summed E-state index contributed by atoms with van der Waals surface area (Å²) in [5, 5.41) is 3.90. The Bertz CT molecular complexity index is 546. The average molecular weight is 360 g/mol. The lowest BCUT2D eigenvalue weighted by molar-refractivity contribution is 0.361. The van der Waals surface area contributed by atoms with Gasteiger partial charge in [0.15, 0.2) is 0 Å². The molecule has 1 fully saturated rings. The molecular weight excluding hydrogens is 343 g/mol. The van der Waals surface area contributed by atoms with Gasteiger partial charge in [-0.05, 0) is 44.5 Å². The van der Waals surface area contributed by atoms with Crippen molar-refractivity contribution in [3.05, 3.63) is 28.2 Å². The summed E-state index contributed by atoms with van der Waals surface area (Å²) in [5.41, 5.74) is 0. The number of benzene rings is 1. The number of halogens is 3. The zero-order valence-electron chi connectivity index (χ0n) is 10.9. The summed E-state index contributed by atoms with van der Waals surface area (Å²) in [4.78, 5) is 0.108. The summed E-state index contributed by atoms with van der Waals surface area (Å²) in [7, 11) is -3.58. The van der Waals surface area contributed by atoms with E-state index in [9.17, 15) is 8.42 Å². The van der Waals surface area contributed by atoms with Crippen LogP contribution in [0.5, 0.6) is 0 Å². The summed E-state index contributed by atoms with van der Waals surface area (Å²) >= 11 is 11.7. The van der Waals surface area contributed by atoms with Gasteiger partial charge in [-0.25, -0.2) is 13.1 Å². The summed E-state index contributed by atoms with van der Waals surface area (Å²) in [5.74, 6) is 0. The number of hydrogen-bond donors (Lipinski definition) is 2. The number of piperidine rings is 1. The van der Waals surface area contributed by atoms with E-state index < -0.39 is 10.0 Å². The molecule has 4 nitrogen and oxygen atoms in total. The molecule has 2 N–H and O–H groups in total. The molecule has 0 amide bonds. The number of rotatable bonds is 3. The van der Waals surface area contributed by atoms with Crippen LogP contribution in [0.2, 0.25) is 10.0 Å². The van der Waals surface area contributed by atoms with Crippen LogP contribution in [0.4, 0.5) is 0 Å². The SMILES string of the molecule is CC1CC(NS(=O)(=O)c2cc(Cl)cc(Cl)c2)CCN1.Cl. The van der Waals surface area contributed by atoms with Gasteiger partial charge in [0.1, 0.15) is 0 Å². The third-order valence-corrected chi connectivity index (χ3v) is 5.03. The van der Waals surface area contributed by atoms with E-state index in [4.69, 9.17) is 23.2 Å². The summed E-state index contributed by atoms with van der Waals surface area (Å²) in [6.07, 6.45) is 1.55. The molecule has 1 heterocycles. The van der Waals surface area contributed by atoms with Crippen LogP contribution in [0.3, 0.4) is 0 Å². The number of hydrogen-bond acceptors (Lipinski definition) is 3. The van der Waals surface area contributed by atoms with Crippen molar-refractivity contribution in [3.8, 4) is 0 Å². The van der Waals surface area contributed by atoms with Crippen molar-refractivity contribution >= 4 is 45.6 Å². The highest BCUT2D eigenvalue weighted by atomic mass is 35.5. The van der Waals surface area contributed by atoms with E-state index in [-0.39, 0.29) is 23.3 Å². The molecule has 8 heteroatoms. The minimum atomic E-state index is -3.58. The first-order chi connectivity index (χ1) is 8.87. The third kappa shape index (κ3) is 4.76. The second kappa shape index (κ2) is 7.29. The van der Waals surface area contributed by atoms with Crippen LogP contribution in [-0.4, -0.2) is 27.0 Å². The Kier molecular flexibility index (Phi) is 6.57. The Morgan fingerprint density at radius 1 is 1.25 bits per heavy atom. The minimum absolute atomic E-state index is 0. The number of sulfonamides is 1. The van der Waals surface area contributed by atoms with Gasteiger partial charge < -0.3 is 5.32 Å². The predicted octanol–water partition coefficient (Wildman–Crippen LogP) is 2.83. The highest BCUT2D eigenvalue weighted by molar-refractivity contribution is 7.89. The fourth-order valence-electron chi connectivity index (χ4n) is 2.21. The molecule has 1 aliphatic rings. The molecule has 114 valence electrons. The van der Waals surface area contributed by atoms with Gasteiger partial charge in [-0.2, -0.15) is 0 Å². The topological polar surface area (TPSA) is 58.2 Å². The van der Waals surface area contributed by atoms with Crippen molar-refractivity contribution in [2.24, 2.45) is 0 Å². The minimum Gasteiger partial charge on any atom is -0.314 e. The van der Waals surface area contributed by atoms with Crippen molar-refractivity contribution in [2.45, 2.75) is 36.7 Å². The molecule has 1 aliphatic heterocycles. The summed E-state index contributed by atoms with van der Waals surface area (Å²) < 4.78 is 27.2. The summed E-state index contributed by atoms with van der Waals surface area (Å²) in [6.45, 7) is 2.85. The number of nitrogens with one attached hydrogen (secondary N) is 2. The highest BCUT2D eigenvalue weighted by Gasteiger charge is 2.24. The first kappa shape index (κ1) is 18.0. The zero-order chi connectivity index (χ0) is 14.0. The van der Waals surface area contributed by atoms with Crippen LogP contribution >= 0.6 is 35.6 Å². The Hall–Kier alpha value is -0.0400. The van der Waals surface area contributed by atoms with Crippen LogP contribution in [0.1, 0.15) is 19.8 Å². The van der Waals surface area contributed by atoms with E-state index in [1.54, 1.807) is 0 Å². The molecule has 1 saturated heterocycles.